The SMILES string of the molecule is O=S(=O)(NCc1cccnc1-c1cccs1)c1ccccc1Cl. The zero-order valence-electron chi connectivity index (χ0n) is 11.9. The summed E-state index contributed by atoms with van der Waals surface area (Å²) in [6, 6.07) is 13.9. The fourth-order valence-corrected chi connectivity index (χ4v) is 4.41. The Morgan fingerprint density at radius 3 is 2.65 bits per heavy atom. The monoisotopic (exact) mass is 364 g/mol. The molecule has 0 aliphatic carbocycles. The molecule has 0 saturated heterocycles. The second-order valence-corrected chi connectivity index (χ2v) is 7.83. The topological polar surface area (TPSA) is 59.1 Å². The van der Waals surface area contributed by atoms with Gasteiger partial charge in [-0.25, -0.2) is 13.1 Å². The van der Waals surface area contributed by atoms with Crippen LogP contribution in [0.15, 0.2) is 65.0 Å². The van der Waals surface area contributed by atoms with Crippen LogP contribution < -0.4 is 4.72 Å². The van der Waals surface area contributed by atoms with Gasteiger partial charge in [-0.3, -0.25) is 4.98 Å². The molecule has 0 aliphatic heterocycles. The number of hydrogen-bond donors (Lipinski definition) is 1. The second kappa shape index (κ2) is 6.80. The Morgan fingerprint density at radius 1 is 1.09 bits per heavy atom. The highest BCUT2D eigenvalue weighted by Crippen LogP contribution is 2.26. The molecule has 3 aromatic rings. The van der Waals surface area contributed by atoms with Gasteiger partial charge in [-0.05, 0) is 35.2 Å². The molecule has 0 amide bonds. The van der Waals surface area contributed by atoms with E-state index in [1.807, 2.05) is 23.6 Å². The van der Waals surface area contributed by atoms with E-state index in [1.165, 1.54) is 6.07 Å². The number of rotatable bonds is 5. The van der Waals surface area contributed by atoms with Crippen molar-refractivity contribution >= 4 is 33.0 Å². The van der Waals surface area contributed by atoms with E-state index >= 15 is 0 Å². The molecule has 3 rings (SSSR count). The van der Waals surface area contributed by atoms with E-state index in [-0.39, 0.29) is 16.5 Å². The third-order valence-corrected chi connectivity index (χ3v) is 6.00. The first-order valence-electron chi connectivity index (χ1n) is 6.80. The smallest absolute Gasteiger partial charge is 0.242 e. The lowest BCUT2D eigenvalue weighted by Gasteiger charge is -2.10. The Balaban J connectivity index is 1.86. The first-order chi connectivity index (χ1) is 11.1. The van der Waals surface area contributed by atoms with Crippen molar-refractivity contribution in [1.29, 1.82) is 0 Å². The fourth-order valence-electron chi connectivity index (χ4n) is 2.13. The van der Waals surface area contributed by atoms with E-state index in [1.54, 1.807) is 41.8 Å². The number of sulfonamides is 1. The minimum absolute atomic E-state index is 0.0724. The second-order valence-electron chi connectivity index (χ2n) is 4.74. The third-order valence-electron chi connectivity index (χ3n) is 3.22. The summed E-state index contributed by atoms with van der Waals surface area (Å²) in [4.78, 5) is 5.43. The van der Waals surface area contributed by atoms with Crippen molar-refractivity contribution in [2.24, 2.45) is 0 Å². The molecule has 1 aromatic carbocycles. The summed E-state index contributed by atoms with van der Waals surface area (Å²) in [6.45, 7) is 0.147. The molecule has 0 atom stereocenters. The van der Waals surface area contributed by atoms with Crippen molar-refractivity contribution in [3.8, 4) is 10.6 Å². The lowest BCUT2D eigenvalue weighted by molar-refractivity contribution is 0.581. The van der Waals surface area contributed by atoms with Crippen LogP contribution in [0.3, 0.4) is 0 Å². The Morgan fingerprint density at radius 2 is 1.91 bits per heavy atom. The molecule has 0 fully saturated rings. The highest BCUT2D eigenvalue weighted by Gasteiger charge is 2.18. The normalized spacial score (nSPS) is 11.5. The van der Waals surface area contributed by atoms with Gasteiger partial charge in [0.1, 0.15) is 4.90 Å². The lowest BCUT2D eigenvalue weighted by atomic mass is 10.2. The molecule has 0 radical (unpaired) electrons. The summed E-state index contributed by atoms with van der Waals surface area (Å²) < 4.78 is 27.4. The predicted octanol–water partition coefficient (Wildman–Crippen LogP) is 3.94. The minimum Gasteiger partial charge on any atom is -0.255 e. The standard InChI is InChI=1S/C16H13ClN2O2S2/c17-13-6-1-2-8-15(13)23(20,21)19-11-12-5-3-9-18-16(12)14-7-4-10-22-14/h1-10,19H,11H2. The molecule has 0 aliphatic rings. The number of hydrogen-bond acceptors (Lipinski definition) is 4. The van der Waals surface area contributed by atoms with Crippen LogP contribution in [0, 0.1) is 0 Å². The van der Waals surface area contributed by atoms with Crippen molar-refractivity contribution in [3.63, 3.8) is 0 Å². The van der Waals surface area contributed by atoms with E-state index in [2.05, 4.69) is 9.71 Å². The molecule has 2 heterocycles. The number of pyridine rings is 1. The number of halogens is 1. The van der Waals surface area contributed by atoms with Crippen LogP contribution in [-0.4, -0.2) is 13.4 Å². The van der Waals surface area contributed by atoms with E-state index in [9.17, 15) is 8.42 Å². The molecule has 4 nitrogen and oxygen atoms in total. The lowest BCUT2D eigenvalue weighted by Crippen LogP contribution is -2.24. The van der Waals surface area contributed by atoms with Crippen LogP contribution in [0.5, 0.6) is 0 Å². The summed E-state index contributed by atoms with van der Waals surface area (Å²) in [6.07, 6.45) is 1.70. The molecule has 1 N–H and O–H groups in total. The van der Waals surface area contributed by atoms with Gasteiger partial charge in [0.2, 0.25) is 10.0 Å². The van der Waals surface area contributed by atoms with Crippen molar-refractivity contribution in [2.45, 2.75) is 11.4 Å². The first-order valence-corrected chi connectivity index (χ1v) is 9.54. The molecule has 0 bridgehead atoms. The molecule has 0 unspecified atom stereocenters. The molecular formula is C16H13ClN2O2S2. The third kappa shape index (κ3) is 3.61. The van der Waals surface area contributed by atoms with Gasteiger partial charge in [0, 0.05) is 12.7 Å². The van der Waals surface area contributed by atoms with Crippen molar-refractivity contribution in [1.82, 2.24) is 9.71 Å². The summed E-state index contributed by atoms with van der Waals surface area (Å²) in [5.74, 6) is 0. The Labute approximate surface area is 143 Å². The maximum atomic E-state index is 12.4. The molecule has 23 heavy (non-hydrogen) atoms. The average molecular weight is 365 g/mol. The van der Waals surface area contributed by atoms with Crippen LogP contribution in [0.2, 0.25) is 5.02 Å². The van der Waals surface area contributed by atoms with Gasteiger partial charge in [-0.2, -0.15) is 0 Å². The van der Waals surface area contributed by atoms with Crippen LogP contribution in [0.4, 0.5) is 0 Å². The van der Waals surface area contributed by atoms with Crippen molar-refractivity contribution in [2.75, 3.05) is 0 Å². The summed E-state index contributed by atoms with van der Waals surface area (Å²) in [5.41, 5.74) is 1.59. The number of nitrogens with zero attached hydrogens (tertiary/aromatic N) is 1. The van der Waals surface area contributed by atoms with Gasteiger partial charge >= 0.3 is 0 Å². The Bertz CT molecular complexity index is 909. The average Bonchev–Trinajstić information content (AvgIpc) is 3.08. The highest BCUT2D eigenvalue weighted by molar-refractivity contribution is 7.89. The summed E-state index contributed by atoms with van der Waals surface area (Å²) >= 11 is 7.53. The van der Waals surface area contributed by atoms with E-state index in [0.29, 0.717) is 0 Å². The van der Waals surface area contributed by atoms with Gasteiger partial charge in [-0.15, -0.1) is 11.3 Å². The van der Waals surface area contributed by atoms with E-state index < -0.39 is 10.0 Å². The predicted molar refractivity (Wildman–Crippen MR) is 93.0 cm³/mol. The van der Waals surface area contributed by atoms with Crippen LogP contribution in [0.25, 0.3) is 10.6 Å². The molecule has 0 spiro atoms. The highest BCUT2D eigenvalue weighted by atomic mass is 35.5. The van der Waals surface area contributed by atoms with Gasteiger partial charge in [0.15, 0.2) is 0 Å². The quantitative estimate of drug-likeness (QED) is 0.745. The van der Waals surface area contributed by atoms with Crippen molar-refractivity contribution < 1.29 is 8.42 Å². The zero-order chi connectivity index (χ0) is 16.3. The van der Waals surface area contributed by atoms with Gasteiger partial charge in [-0.1, -0.05) is 35.9 Å². The molecule has 2 aromatic heterocycles. The molecule has 118 valence electrons. The zero-order valence-corrected chi connectivity index (χ0v) is 14.3. The number of thiophene rings is 1. The minimum atomic E-state index is -3.68. The van der Waals surface area contributed by atoms with Crippen molar-refractivity contribution in [3.05, 3.63) is 70.7 Å². The molecular weight excluding hydrogens is 352 g/mol. The molecule has 0 saturated carbocycles. The van der Waals surface area contributed by atoms with Crippen LogP contribution in [-0.2, 0) is 16.6 Å². The Kier molecular flexibility index (Phi) is 4.77. The van der Waals surface area contributed by atoms with Crippen LogP contribution >= 0.6 is 22.9 Å². The first kappa shape index (κ1) is 16.1. The number of aromatic nitrogens is 1. The summed E-state index contributed by atoms with van der Waals surface area (Å²) in [5, 5.41) is 2.16. The van der Waals surface area contributed by atoms with Crippen LogP contribution in [0.1, 0.15) is 5.56 Å². The van der Waals surface area contributed by atoms with E-state index in [0.717, 1.165) is 16.1 Å². The Hall–Kier alpha value is -1.73. The van der Waals surface area contributed by atoms with Gasteiger partial charge in [0.25, 0.3) is 0 Å². The van der Waals surface area contributed by atoms with Gasteiger partial charge < -0.3 is 0 Å². The maximum absolute atomic E-state index is 12.4. The number of benzene rings is 1. The van der Waals surface area contributed by atoms with E-state index in [4.69, 9.17) is 11.6 Å². The van der Waals surface area contributed by atoms with Gasteiger partial charge in [0.05, 0.1) is 15.6 Å². The molecule has 7 heteroatoms. The number of nitrogens with one attached hydrogen (secondary N) is 1. The largest absolute Gasteiger partial charge is 0.255 e. The fraction of sp³-hybridized carbons (Fsp3) is 0.0625. The maximum Gasteiger partial charge on any atom is 0.242 e. The summed E-state index contributed by atoms with van der Waals surface area (Å²) in [7, 11) is -3.68.